The number of aryl methyl sites for hydroxylation is 1. The molecule has 1 N–H and O–H groups in total. The van der Waals surface area contributed by atoms with Crippen molar-refractivity contribution in [3.05, 3.63) is 100 Å². The van der Waals surface area contributed by atoms with Gasteiger partial charge in [0.25, 0.3) is 0 Å². The molecule has 0 fully saturated rings. The quantitative estimate of drug-likeness (QED) is 0.369. The molecule has 2 aliphatic rings. The van der Waals surface area contributed by atoms with Gasteiger partial charge in [0.05, 0.1) is 25.4 Å². The van der Waals surface area contributed by atoms with Crippen LogP contribution >= 0.6 is 11.3 Å². The number of nitrogens with one attached hydrogen (secondary N) is 1. The molecule has 0 saturated carbocycles. The summed E-state index contributed by atoms with van der Waals surface area (Å²) in [5, 5.41) is 4.40. The molecule has 0 radical (unpaired) electrons. The van der Waals surface area contributed by atoms with Gasteiger partial charge >= 0.3 is 6.03 Å². The lowest BCUT2D eigenvalue weighted by molar-refractivity contribution is 0.194. The fourth-order valence-electron chi connectivity index (χ4n) is 5.27. The van der Waals surface area contributed by atoms with Crippen LogP contribution < -0.4 is 10.1 Å². The summed E-state index contributed by atoms with van der Waals surface area (Å²) in [6.45, 7) is 0.573. The van der Waals surface area contributed by atoms with Crippen molar-refractivity contribution < 1.29 is 9.53 Å². The van der Waals surface area contributed by atoms with E-state index < -0.39 is 0 Å². The number of aromatic nitrogens is 1. The van der Waals surface area contributed by atoms with Crippen LogP contribution in [0.15, 0.2) is 72.9 Å². The fourth-order valence-corrected chi connectivity index (χ4v) is 6.67. The van der Waals surface area contributed by atoms with Crippen LogP contribution in [0.4, 0.5) is 10.5 Å². The molecule has 4 aromatic rings. The summed E-state index contributed by atoms with van der Waals surface area (Å²) in [5.41, 5.74) is 5.67. The molecule has 5 nitrogen and oxygen atoms in total. The molecule has 1 aliphatic carbocycles. The summed E-state index contributed by atoms with van der Waals surface area (Å²) >= 11 is 1.90. The van der Waals surface area contributed by atoms with Gasteiger partial charge in [0.2, 0.25) is 0 Å². The first kappa shape index (κ1) is 21.1. The van der Waals surface area contributed by atoms with Gasteiger partial charge in [-0.15, -0.1) is 11.3 Å². The van der Waals surface area contributed by atoms with Gasteiger partial charge in [-0.2, -0.15) is 0 Å². The third-order valence-electron chi connectivity index (χ3n) is 6.87. The summed E-state index contributed by atoms with van der Waals surface area (Å²) in [6.07, 6.45) is 6.83. The number of hydrogen-bond acceptors (Lipinski definition) is 3. The maximum atomic E-state index is 13.9. The lowest BCUT2D eigenvalue weighted by Gasteiger charge is -2.31. The van der Waals surface area contributed by atoms with Crippen LogP contribution in [0.3, 0.4) is 0 Å². The Labute approximate surface area is 203 Å². The van der Waals surface area contributed by atoms with Crippen molar-refractivity contribution in [1.29, 1.82) is 0 Å². The number of amides is 2. The van der Waals surface area contributed by atoms with E-state index in [1.807, 2.05) is 64.8 Å². The first-order valence-electron chi connectivity index (χ1n) is 11.8. The van der Waals surface area contributed by atoms with Gasteiger partial charge < -0.3 is 19.5 Å². The molecule has 1 aliphatic heterocycles. The summed E-state index contributed by atoms with van der Waals surface area (Å²) in [5.74, 6) is 0.787. The number of anilines is 1. The second kappa shape index (κ2) is 8.69. The number of nitrogens with zero attached hydrogens (tertiary/aromatic N) is 2. The Morgan fingerprint density at radius 3 is 2.71 bits per heavy atom. The van der Waals surface area contributed by atoms with E-state index in [1.54, 1.807) is 7.11 Å². The van der Waals surface area contributed by atoms with Gasteiger partial charge in [-0.1, -0.05) is 30.3 Å². The van der Waals surface area contributed by atoms with Crippen LogP contribution in [0.25, 0.3) is 5.00 Å². The standard InChI is InChI=1S/C28H27N3O2S/c1-33-21-12-7-9-19(17-21)26-24-14-8-16-30(24)27-23(22-13-5-6-15-25(22)34-27)18-31(26)28(32)29-20-10-3-2-4-11-20/h2-4,7-12,14,16-17,26H,5-6,13,15,18H2,1H3,(H,29,32). The zero-order valence-corrected chi connectivity index (χ0v) is 20.0. The van der Waals surface area contributed by atoms with Crippen molar-refractivity contribution in [2.24, 2.45) is 0 Å². The highest BCUT2D eigenvalue weighted by molar-refractivity contribution is 7.15. The minimum Gasteiger partial charge on any atom is -0.497 e. The Morgan fingerprint density at radius 2 is 1.85 bits per heavy atom. The Hall–Kier alpha value is -3.51. The summed E-state index contributed by atoms with van der Waals surface area (Å²) in [7, 11) is 1.68. The lowest BCUT2D eigenvalue weighted by Crippen LogP contribution is -2.38. The smallest absolute Gasteiger partial charge is 0.322 e. The Bertz CT molecular complexity index is 1340. The van der Waals surface area contributed by atoms with Crippen molar-refractivity contribution in [3.8, 4) is 10.8 Å². The molecule has 34 heavy (non-hydrogen) atoms. The number of hydrogen-bond donors (Lipinski definition) is 1. The fraction of sp³-hybridized carbons (Fsp3) is 0.250. The van der Waals surface area contributed by atoms with Crippen LogP contribution in [-0.2, 0) is 19.4 Å². The highest BCUT2D eigenvalue weighted by Crippen LogP contribution is 2.44. The average molecular weight is 470 g/mol. The molecule has 2 aromatic heterocycles. The summed E-state index contributed by atoms with van der Waals surface area (Å²) in [6, 6.07) is 21.6. The van der Waals surface area contributed by atoms with Crippen LogP contribution in [0.2, 0.25) is 0 Å². The molecule has 0 saturated heterocycles. The Kier molecular flexibility index (Phi) is 5.38. The van der Waals surface area contributed by atoms with E-state index >= 15 is 0 Å². The first-order valence-corrected chi connectivity index (χ1v) is 12.6. The molecule has 0 bridgehead atoms. The van der Waals surface area contributed by atoms with Crippen LogP contribution in [0.5, 0.6) is 5.75 Å². The van der Waals surface area contributed by atoms with E-state index in [2.05, 4.69) is 34.3 Å². The van der Waals surface area contributed by atoms with Gasteiger partial charge in [-0.25, -0.2) is 4.79 Å². The number of ether oxygens (including phenoxy) is 1. The minimum absolute atomic E-state index is 0.102. The van der Waals surface area contributed by atoms with Gasteiger partial charge in [-0.3, -0.25) is 0 Å². The van der Waals surface area contributed by atoms with Crippen molar-refractivity contribution in [3.63, 3.8) is 0 Å². The number of fused-ring (bicyclic) bond motifs is 5. The van der Waals surface area contributed by atoms with Crippen LogP contribution in [0.1, 0.15) is 46.1 Å². The van der Waals surface area contributed by atoms with E-state index in [0.717, 1.165) is 35.5 Å². The first-order chi connectivity index (χ1) is 16.7. The van der Waals surface area contributed by atoms with E-state index in [-0.39, 0.29) is 12.1 Å². The monoisotopic (exact) mass is 469 g/mol. The van der Waals surface area contributed by atoms with E-state index in [0.29, 0.717) is 6.54 Å². The number of methoxy groups -OCH3 is 1. The zero-order chi connectivity index (χ0) is 23.1. The average Bonchev–Trinajstić information content (AvgIpc) is 3.46. The summed E-state index contributed by atoms with van der Waals surface area (Å²) < 4.78 is 7.84. The van der Waals surface area contributed by atoms with Gasteiger partial charge in [0.15, 0.2) is 0 Å². The second-order valence-corrected chi connectivity index (χ2v) is 9.98. The predicted molar refractivity (Wildman–Crippen MR) is 136 cm³/mol. The maximum Gasteiger partial charge on any atom is 0.322 e. The SMILES string of the molecule is COc1cccc(C2c3cccn3-c3sc4c(c3CN2C(=O)Nc2ccccc2)CCCC4)c1. The maximum absolute atomic E-state index is 13.9. The van der Waals surface area contributed by atoms with Crippen molar-refractivity contribution in [2.45, 2.75) is 38.3 Å². The number of rotatable bonds is 3. The van der Waals surface area contributed by atoms with Gasteiger partial charge in [-0.05, 0) is 73.2 Å². The van der Waals surface area contributed by atoms with Gasteiger partial charge in [0, 0.05) is 22.3 Å². The molecule has 6 rings (SSSR count). The summed E-state index contributed by atoms with van der Waals surface area (Å²) in [4.78, 5) is 17.3. The number of para-hydroxylation sites is 1. The molecule has 172 valence electrons. The van der Waals surface area contributed by atoms with Crippen molar-refractivity contribution in [1.82, 2.24) is 9.47 Å². The molecule has 6 heteroatoms. The van der Waals surface area contributed by atoms with Crippen LogP contribution in [0, 0.1) is 0 Å². The zero-order valence-electron chi connectivity index (χ0n) is 19.2. The molecular weight excluding hydrogens is 442 g/mol. The molecule has 3 heterocycles. The predicted octanol–water partition coefficient (Wildman–Crippen LogP) is 6.56. The minimum atomic E-state index is -0.243. The third kappa shape index (κ3) is 3.59. The second-order valence-electron chi connectivity index (χ2n) is 8.90. The molecule has 2 aromatic carbocycles. The Balaban J connectivity index is 1.51. The van der Waals surface area contributed by atoms with Gasteiger partial charge in [0.1, 0.15) is 10.8 Å². The number of urea groups is 1. The molecule has 1 unspecified atom stereocenters. The Morgan fingerprint density at radius 1 is 1.00 bits per heavy atom. The van der Waals surface area contributed by atoms with Crippen molar-refractivity contribution in [2.75, 3.05) is 12.4 Å². The van der Waals surface area contributed by atoms with E-state index in [9.17, 15) is 4.79 Å². The highest BCUT2D eigenvalue weighted by atomic mass is 32.1. The number of carbonyl (C=O) groups excluding carboxylic acids is 1. The number of benzene rings is 2. The van der Waals surface area contributed by atoms with E-state index in [1.165, 1.54) is 33.8 Å². The molecular formula is C28H27N3O2S. The highest BCUT2D eigenvalue weighted by Gasteiger charge is 2.36. The van der Waals surface area contributed by atoms with Crippen molar-refractivity contribution >= 4 is 23.1 Å². The normalized spacial score (nSPS) is 16.7. The van der Waals surface area contributed by atoms with Crippen LogP contribution in [-0.4, -0.2) is 22.6 Å². The molecule has 2 amide bonds. The third-order valence-corrected chi connectivity index (χ3v) is 8.21. The van der Waals surface area contributed by atoms with E-state index in [4.69, 9.17) is 4.74 Å². The molecule has 1 atom stereocenters. The number of thiophene rings is 1. The largest absolute Gasteiger partial charge is 0.497 e. The lowest BCUT2D eigenvalue weighted by atomic mass is 9.95. The molecule has 0 spiro atoms. The number of carbonyl (C=O) groups is 1. The topological polar surface area (TPSA) is 46.5 Å².